The molecule has 0 aliphatic heterocycles. The summed E-state index contributed by atoms with van der Waals surface area (Å²) in [6.45, 7) is 1.89. The van der Waals surface area contributed by atoms with Crippen LogP contribution in [-0.4, -0.2) is 14.3 Å². The lowest BCUT2D eigenvalue weighted by molar-refractivity contribution is 0.102. The number of benzene rings is 3. The second-order valence-corrected chi connectivity index (χ2v) is 9.25. The van der Waals surface area contributed by atoms with E-state index >= 15 is 0 Å². The number of rotatable bonds is 5. The van der Waals surface area contributed by atoms with Gasteiger partial charge in [0, 0.05) is 21.6 Å². The van der Waals surface area contributed by atoms with Crippen molar-refractivity contribution in [1.82, 2.24) is 0 Å². The average molecular weight is 423 g/mol. The number of thiophene rings is 1. The Morgan fingerprint density at radius 2 is 1.55 bits per heavy atom. The third-order valence-corrected chi connectivity index (χ3v) is 6.74. The molecular formula is C22H18N2O3S2. The van der Waals surface area contributed by atoms with Crippen molar-refractivity contribution in [2.75, 3.05) is 10.0 Å². The molecule has 2 N–H and O–H groups in total. The number of aryl methyl sites for hydroxylation is 1. The predicted molar refractivity (Wildman–Crippen MR) is 118 cm³/mol. The summed E-state index contributed by atoms with van der Waals surface area (Å²) in [6.07, 6.45) is 0. The van der Waals surface area contributed by atoms with Crippen LogP contribution < -0.4 is 10.0 Å². The quantitative estimate of drug-likeness (QED) is 0.460. The number of fused-ring (bicyclic) bond motifs is 1. The molecule has 0 aliphatic rings. The van der Waals surface area contributed by atoms with Crippen molar-refractivity contribution in [3.05, 3.63) is 89.3 Å². The molecule has 4 aromatic rings. The summed E-state index contributed by atoms with van der Waals surface area (Å²) in [4.78, 5) is 12.7. The van der Waals surface area contributed by atoms with Crippen molar-refractivity contribution in [3.63, 3.8) is 0 Å². The van der Waals surface area contributed by atoms with Crippen molar-refractivity contribution in [2.24, 2.45) is 0 Å². The van der Waals surface area contributed by atoms with E-state index in [1.165, 1.54) is 0 Å². The number of nitrogens with one attached hydrogen (secondary N) is 2. The Kier molecular flexibility index (Phi) is 5.08. The first-order chi connectivity index (χ1) is 13.9. The minimum atomic E-state index is -3.68. The average Bonchev–Trinajstić information content (AvgIpc) is 3.16. The van der Waals surface area contributed by atoms with E-state index in [2.05, 4.69) is 10.0 Å². The van der Waals surface area contributed by atoms with Gasteiger partial charge < -0.3 is 5.32 Å². The van der Waals surface area contributed by atoms with Crippen LogP contribution in [0.25, 0.3) is 10.1 Å². The summed E-state index contributed by atoms with van der Waals surface area (Å²) < 4.78 is 28.6. The number of carbonyl (C=O) groups excluding carboxylic acids is 1. The first kappa shape index (κ1) is 19.2. The predicted octanol–water partition coefficient (Wildman–Crippen LogP) is 5.26. The third kappa shape index (κ3) is 4.31. The monoisotopic (exact) mass is 422 g/mol. The van der Waals surface area contributed by atoms with Crippen LogP contribution in [0.4, 0.5) is 11.4 Å². The van der Waals surface area contributed by atoms with Crippen molar-refractivity contribution >= 4 is 48.7 Å². The van der Waals surface area contributed by atoms with Gasteiger partial charge >= 0.3 is 0 Å². The van der Waals surface area contributed by atoms with Gasteiger partial charge in [0.1, 0.15) is 0 Å². The molecule has 4 rings (SSSR count). The minimum Gasteiger partial charge on any atom is -0.322 e. The molecule has 0 saturated carbocycles. The van der Waals surface area contributed by atoms with Gasteiger partial charge in [-0.15, -0.1) is 11.3 Å². The number of hydrogen-bond acceptors (Lipinski definition) is 4. The molecule has 29 heavy (non-hydrogen) atoms. The normalized spacial score (nSPS) is 11.3. The maximum Gasteiger partial charge on any atom is 0.261 e. The molecule has 0 unspecified atom stereocenters. The fourth-order valence-electron chi connectivity index (χ4n) is 2.87. The van der Waals surface area contributed by atoms with Gasteiger partial charge in [0.25, 0.3) is 15.9 Å². The third-order valence-electron chi connectivity index (χ3n) is 4.44. The summed E-state index contributed by atoms with van der Waals surface area (Å²) in [5, 5.41) is 5.95. The van der Waals surface area contributed by atoms with Crippen LogP contribution in [0.1, 0.15) is 15.9 Å². The lowest BCUT2D eigenvalue weighted by Gasteiger charge is -2.10. The Hall–Kier alpha value is -3.16. The van der Waals surface area contributed by atoms with Crippen LogP contribution in [0.2, 0.25) is 0 Å². The molecule has 1 heterocycles. The number of amides is 1. The Morgan fingerprint density at radius 1 is 0.862 bits per heavy atom. The van der Waals surface area contributed by atoms with Gasteiger partial charge in [-0.25, -0.2) is 8.42 Å². The number of hydrogen-bond donors (Lipinski definition) is 2. The van der Waals surface area contributed by atoms with Gasteiger partial charge in [0.05, 0.1) is 4.90 Å². The molecule has 146 valence electrons. The number of anilines is 2. The summed E-state index contributed by atoms with van der Waals surface area (Å²) in [7, 11) is -3.68. The van der Waals surface area contributed by atoms with E-state index in [0.29, 0.717) is 16.9 Å². The Morgan fingerprint density at radius 3 is 2.28 bits per heavy atom. The smallest absolute Gasteiger partial charge is 0.261 e. The molecule has 0 fully saturated rings. The second kappa shape index (κ2) is 7.69. The van der Waals surface area contributed by atoms with Crippen LogP contribution >= 0.6 is 11.3 Å². The molecule has 5 nitrogen and oxygen atoms in total. The van der Waals surface area contributed by atoms with E-state index in [4.69, 9.17) is 0 Å². The van der Waals surface area contributed by atoms with Crippen molar-refractivity contribution < 1.29 is 13.2 Å². The minimum absolute atomic E-state index is 0.189. The van der Waals surface area contributed by atoms with Gasteiger partial charge in [-0.2, -0.15) is 0 Å². The molecule has 7 heteroatoms. The maximum atomic E-state index is 12.5. The van der Waals surface area contributed by atoms with E-state index in [1.807, 2.05) is 36.6 Å². The molecule has 1 aromatic heterocycles. The van der Waals surface area contributed by atoms with Crippen LogP contribution in [0.5, 0.6) is 0 Å². The fraction of sp³-hybridized carbons (Fsp3) is 0.0455. The Labute approximate surface area is 173 Å². The van der Waals surface area contributed by atoms with Gasteiger partial charge in [0.15, 0.2) is 0 Å². The first-order valence-electron chi connectivity index (χ1n) is 8.89. The van der Waals surface area contributed by atoms with E-state index in [1.54, 1.807) is 59.9 Å². The van der Waals surface area contributed by atoms with Crippen molar-refractivity contribution in [1.29, 1.82) is 0 Å². The van der Waals surface area contributed by atoms with Crippen LogP contribution in [0.3, 0.4) is 0 Å². The molecule has 0 spiro atoms. The fourth-order valence-corrected chi connectivity index (χ4v) is 4.70. The molecule has 0 aliphatic carbocycles. The first-order valence-corrected chi connectivity index (χ1v) is 11.3. The zero-order chi connectivity index (χ0) is 20.4. The Bertz CT molecular complexity index is 1280. The lowest BCUT2D eigenvalue weighted by Crippen LogP contribution is -2.14. The zero-order valence-corrected chi connectivity index (χ0v) is 17.2. The van der Waals surface area contributed by atoms with Crippen molar-refractivity contribution in [3.8, 4) is 0 Å². The van der Waals surface area contributed by atoms with E-state index in [9.17, 15) is 13.2 Å². The highest BCUT2D eigenvalue weighted by Gasteiger charge is 2.14. The van der Waals surface area contributed by atoms with E-state index in [-0.39, 0.29) is 10.8 Å². The molecule has 0 bridgehead atoms. The van der Waals surface area contributed by atoms with E-state index in [0.717, 1.165) is 15.6 Å². The molecule has 0 atom stereocenters. The molecule has 0 radical (unpaired) electrons. The molecular weight excluding hydrogens is 404 g/mol. The Balaban J connectivity index is 1.46. The highest BCUT2D eigenvalue weighted by molar-refractivity contribution is 7.92. The summed E-state index contributed by atoms with van der Waals surface area (Å²) >= 11 is 1.65. The van der Waals surface area contributed by atoms with Gasteiger partial charge in [-0.05, 0) is 78.4 Å². The summed E-state index contributed by atoms with van der Waals surface area (Å²) in [6, 6.07) is 20.7. The highest BCUT2D eigenvalue weighted by Crippen LogP contribution is 2.24. The molecule has 1 amide bonds. The van der Waals surface area contributed by atoms with Gasteiger partial charge in [0.2, 0.25) is 0 Å². The summed E-state index contributed by atoms with van der Waals surface area (Å²) in [5.41, 5.74) is 2.53. The molecule has 0 saturated heterocycles. The largest absolute Gasteiger partial charge is 0.322 e. The standard InChI is InChI=1S/C22H18N2O3S2/c1-15-2-9-20(10-3-15)29(26,27)24-18-6-4-16(5-7-18)22(25)23-19-8-11-21-17(14-19)12-13-28-21/h2-14,24H,1H3,(H,23,25). The highest BCUT2D eigenvalue weighted by atomic mass is 32.2. The topological polar surface area (TPSA) is 75.3 Å². The molecule has 3 aromatic carbocycles. The number of carbonyl (C=O) groups is 1. The SMILES string of the molecule is Cc1ccc(S(=O)(=O)Nc2ccc(C(=O)Nc3ccc4sccc4c3)cc2)cc1. The van der Waals surface area contributed by atoms with Crippen LogP contribution in [-0.2, 0) is 10.0 Å². The lowest BCUT2D eigenvalue weighted by atomic mass is 10.2. The van der Waals surface area contributed by atoms with Crippen LogP contribution in [0.15, 0.2) is 83.1 Å². The maximum absolute atomic E-state index is 12.5. The van der Waals surface area contributed by atoms with Crippen molar-refractivity contribution in [2.45, 2.75) is 11.8 Å². The zero-order valence-electron chi connectivity index (χ0n) is 15.5. The number of sulfonamides is 1. The van der Waals surface area contributed by atoms with E-state index < -0.39 is 10.0 Å². The summed E-state index contributed by atoms with van der Waals surface area (Å²) in [5.74, 6) is -0.257. The van der Waals surface area contributed by atoms with Gasteiger partial charge in [-0.3, -0.25) is 9.52 Å². The van der Waals surface area contributed by atoms with Gasteiger partial charge in [-0.1, -0.05) is 17.7 Å². The second-order valence-electron chi connectivity index (χ2n) is 6.62. The van der Waals surface area contributed by atoms with Crippen LogP contribution in [0, 0.1) is 6.92 Å².